The first-order chi connectivity index (χ1) is 9.10. The number of hydrogen-bond acceptors (Lipinski definition) is 3. The van der Waals surface area contributed by atoms with Crippen LogP contribution in [0.1, 0.15) is 31.4 Å². The van der Waals surface area contributed by atoms with Gasteiger partial charge in [-0.1, -0.05) is 6.07 Å². The van der Waals surface area contributed by atoms with Crippen LogP contribution < -0.4 is 11.1 Å². The number of nitrogens with two attached hydrogens (primary N) is 1. The summed E-state index contributed by atoms with van der Waals surface area (Å²) in [6.07, 6.45) is 1.65. The first kappa shape index (κ1) is 16.0. The van der Waals surface area contributed by atoms with Crippen molar-refractivity contribution in [2.75, 3.05) is 20.3 Å². The summed E-state index contributed by atoms with van der Waals surface area (Å²) in [4.78, 5) is 0. The van der Waals surface area contributed by atoms with Gasteiger partial charge in [0.15, 0.2) is 0 Å². The fourth-order valence-electron chi connectivity index (χ4n) is 2.14. The molecule has 3 nitrogen and oxygen atoms in total. The van der Waals surface area contributed by atoms with E-state index in [2.05, 4.69) is 5.32 Å². The Balaban J connectivity index is 2.72. The molecule has 19 heavy (non-hydrogen) atoms. The number of hydrogen-bond donors (Lipinski definition) is 2. The van der Waals surface area contributed by atoms with Crippen molar-refractivity contribution in [2.24, 2.45) is 5.73 Å². The average Bonchev–Trinajstić information content (AvgIpc) is 2.36. The van der Waals surface area contributed by atoms with E-state index >= 15 is 0 Å². The van der Waals surface area contributed by atoms with Gasteiger partial charge >= 0.3 is 0 Å². The number of ether oxygens (including phenoxy) is 1. The van der Waals surface area contributed by atoms with E-state index in [9.17, 15) is 8.78 Å². The molecule has 0 saturated carbocycles. The molecule has 2 unspecified atom stereocenters. The van der Waals surface area contributed by atoms with Gasteiger partial charge in [0.05, 0.1) is 6.61 Å². The van der Waals surface area contributed by atoms with E-state index in [-0.39, 0.29) is 11.6 Å². The highest BCUT2D eigenvalue weighted by Gasteiger charge is 2.19. The van der Waals surface area contributed by atoms with E-state index in [0.717, 1.165) is 12.8 Å². The normalized spacial score (nSPS) is 14.4. The SMILES string of the molecule is COCC(CCCN)NC(C)c1c(F)cccc1F. The summed E-state index contributed by atoms with van der Waals surface area (Å²) in [5, 5.41) is 3.19. The third-order valence-electron chi connectivity index (χ3n) is 3.04. The van der Waals surface area contributed by atoms with Crippen LogP contribution >= 0.6 is 0 Å². The Morgan fingerprint density at radius 3 is 2.47 bits per heavy atom. The van der Waals surface area contributed by atoms with E-state index < -0.39 is 17.7 Å². The quantitative estimate of drug-likeness (QED) is 0.764. The lowest BCUT2D eigenvalue weighted by atomic mass is 10.0. The van der Waals surface area contributed by atoms with Crippen LogP contribution in [0.15, 0.2) is 18.2 Å². The lowest BCUT2D eigenvalue weighted by Gasteiger charge is -2.23. The smallest absolute Gasteiger partial charge is 0.130 e. The Labute approximate surface area is 113 Å². The topological polar surface area (TPSA) is 47.3 Å². The standard InChI is InChI=1S/C14H22F2N2O/c1-10(14-12(15)6-3-7-13(14)16)18-11(9-19-2)5-4-8-17/h3,6-7,10-11,18H,4-5,8-9,17H2,1-2H3. The van der Waals surface area contributed by atoms with Crippen LogP contribution in [0.5, 0.6) is 0 Å². The van der Waals surface area contributed by atoms with Crippen LogP contribution in [0.4, 0.5) is 8.78 Å². The molecule has 0 bridgehead atoms. The van der Waals surface area contributed by atoms with Crippen LogP contribution in [0.3, 0.4) is 0 Å². The molecule has 5 heteroatoms. The molecule has 0 aliphatic carbocycles. The molecule has 108 valence electrons. The van der Waals surface area contributed by atoms with Crippen molar-refractivity contribution < 1.29 is 13.5 Å². The van der Waals surface area contributed by atoms with Gasteiger partial charge < -0.3 is 15.8 Å². The Morgan fingerprint density at radius 2 is 1.95 bits per heavy atom. The van der Waals surface area contributed by atoms with Crippen LogP contribution in [0, 0.1) is 11.6 Å². The van der Waals surface area contributed by atoms with Gasteiger partial charge in [-0.15, -0.1) is 0 Å². The largest absolute Gasteiger partial charge is 0.383 e. The van der Waals surface area contributed by atoms with Gasteiger partial charge in [0.2, 0.25) is 0 Å². The van der Waals surface area contributed by atoms with Crippen molar-refractivity contribution in [3.05, 3.63) is 35.4 Å². The molecule has 0 radical (unpaired) electrons. The molecule has 2 atom stereocenters. The molecule has 1 aromatic carbocycles. The Morgan fingerprint density at radius 1 is 1.32 bits per heavy atom. The van der Waals surface area contributed by atoms with Gasteiger partial charge in [0.25, 0.3) is 0 Å². The van der Waals surface area contributed by atoms with E-state index in [1.807, 2.05) is 0 Å². The molecule has 0 saturated heterocycles. The third-order valence-corrected chi connectivity index (χ3v) is 3.04. The van der Waals surface area contributed by atoms with Crippen molar-refractivity contribution in [3.8, 4) is 0 Å². The van der Waals surface area contributed by atoms with Crippen molar-refractivity contribution in [1.29, 1.82) is 0 Å². The molecule has 1 aromatic rings. The molecule has 3 N–H and O–H groups in total. The van der Waals surface area contributed by atoms with Crippen LogP contribution in [-0.2, 0) is 4.74 Å². The van der Waals surface area contributed by atoms with Crippen LogP contribution in [-0.4, -0.2) is 26.3 Å². The highest BCUT2D eigenvalue weighted by Crippen LogP contribution is 2.21. The number of nitrogens with one attached hydrogen (secondary N) is 1. The minimum absolute atomic E-state index is 0.0301. The van der Waals surface area contributed by atoms with Crippen LogP contribution in [0.2, 0.25) is 0 Å². The summed E-state index contributed by atoms with van der Waals surface area (Å²) in [6, 6.07) is 3.51. The lowest BCUT2D eigenvalue weighted by molar-refractivity contribution is 0.156. The zero-order valence-electron chi connectivity index (χ0n) is 11.5. The predicted octanol–water partition coefficient (Wildman–Crippen LogP) is 2.37. The van der Waals surface area contributed by atoms with Gasteiger partial charge in [-0.05, 0) is 38.4 Å². The van der Waals surface area contributed by atoms with Crippen LogP contribution in [0.25, 0.3) is 0 Å². The monoisotopic (exact) mass is 272 g/mol. The number of rotatable bonds is 8. The first-order valence-corrected chi connectivity index (χ1v) is 6.49. The number of halogens is 2. The minimum Gasteiger partial charge on any atom is -0.383 e. The van der Waals surface area contributed by atoms with Gasteiger partial charge in [0, 0.05) is 24.8 Å². The lowest BCUT2D eigenvalue weighted by Crippen LogP contribution is -2.36. The Hall–Kier alpha value is -1.04. The maximum absolute atomic E-state index is 13.7. The molecule has 0 amide bonds. The predicted molar refractivity (Wildman–Crippen MR) is 71.9 cm³/mol. The summed E-state index contributed by atoms with van der Waals surface area (Å²) < 4.78 is 32.4. The Bertz CT molecular complexity index is 367. The second-order valence-electron chi connectivity index (χ2n) is 4.61. The number of benzene rings is 1. The van der Waals surface area contributed by atoms with Crippen molar-refractivity contribution >= 4 is 0 Å². The van der Waals surface area contributed by atoms with Crippen molar-refractivity contribution in [2.45, 2.75) is 31.8 Å². The van der Waals surface area contributed by atoms with E-state index in [1.54, 1.807) is 14.0 Å². The molecule has 0 heterocycles. The Kier molecular flexibility index (Phi) is 6.91. The zero-order valence-corrected chi connectivity index (χ0v) is 11.5. The fraction of sp³-hybridized carbons (Fsp3) is 0.571. The molecule has 0 fully saturated rings. The highest BCUT2D eigenvalue weighted by molar-refractivity contribution is 5.22. The van der Waals surface area contributed by atoms with E-state index in [0.29, 0.717) is 13.2 Å². The van der Waals surface area contributed by atoms with Crippen molar-refractivity contribution in [1.82, 2.24) is 5.32 Å². The zero-order chi connectivity index (χ0) is 14.3. The summed E-state index contributed by atoms with van der Waals surface area (Å²) in [5.41, 5.74) is 5.54. The molecular weight excluding hydrogens is 250 g/mol. The maximum Gasteiger partial charge on any atom is 0.130 e. The highest BCUT2D eigenvalue weighted by atomic mass is 19.1. The molecule has 0 spiro atoms. The van der Waals surface area contributed by atoms with Gasteiger partial charge in [-0.25, -0.2) is 8.78 Å². The minimum atomic E-state index is -0.532. The van der Waals surface area contributed by atoms with E-state index in [4.69, 9.17) is 10.5 Å². The third kappa shape index (κ3) is 4.86. The fourth-order valence-corrected chi connectivity index (χ4v) is 2.14. The molecular formula is C14H22F2N2O. The first-order valence-electron chi connectivity index (χ1n) is 6.49. The van der Waals surface area contributed by atoms with Gasteiger partial charge in [-0.2, -0.15) is 0 Å². The molecule has 1 rings (SSSR count). The second kappa shape index (κ2) is 8.19. The molecule has 0 aliphatic rings. The van der Waals surface area contributed by atoms with Crippen molar-refractivity contribution in [3.63, 3.8) is 0 Å². The van der Waals surface area contributed by atoms with Gasteiger partial charge in [0.1, 0.15) is 11.6 Å². The maximum atomic E-state index is 13.7. The summed E-state index contributed by atoms with van der Waals surface area (Å²) in [7, 11) is 1.60. The summed E-state index contributed by atoms with van der Waals surface area (Å²) >= 11 is 0. The molecule has 0 aromatic heterocycles. The second-order valence-corrected chi connectivity index (χ2v) is 4.61. The average molecular weight is 272 g/mol. The van der Waals surface area contributed by atoms with E-state index in [1.165, 1.54) is 18.2 Å². The summed E-state index contributed by atoms with van der Waals surface area (Å²) in [6.45, 7) is 2.82. The van der Waals surface area contributed by atoms with Gasteiger partial charge in [-0.3, -0.25) is 0 Å². The molecule has 0 aliphatic heterocycles. The number of methoxy groups -OCH3 is 1. The summed E-state index contributed by atoms with van der Waals surface area (Å²) in [5.74, 6) is -1.06.